The highest BCUT2D eigenvalue weighted by atomic mass is 19.2. The van der Waals surface area contributed by atoms with Gasteiger partial charge in [0.2, 0.25) is 0 Å². The summed E-state index contributed by atoms with van der Waals surface area (Å²) in [7, 11) is 0. The van der Waals surface area contributed by atoms with E-state index in [0.29, 0.717) is 6.54 Å². The summed E-state index contributed by atoms with van der Waals surface area (Å²) in [5.41, 5.74) is -0.622. The van der Waals surface area contributed by atoms with Crippen molar-refractivity contribution in [1.82, 2.24) is 18.7 Å². The van der Waals surface area contributed by atoms with Crippen molar-refractivity contribution in [1.29, 1.82) is 0 Å². The van der Waals surface area contributed by atoms with Crippen molar-refractivity contribution in [3.63, 3.8) is 0 Å². The second-order valence-corrected chi connectivity index (χ2v) is 5.69. The van der Waals surface area contributed by atoms with E-state index in [4.69, 9.17) is 0 Å². The number of hydrogen-bond donors (Lipinski definition) is 0. The Morgan fingerprint density at radius 1 is 1.17 bits per heavy atom. The fourth-order valence-corrected chi connectivity index (χ4v) is 2.71. The Morgan fingerprint density at radius 3 is 2.46 bits per heavy atom. The first kappa shape index (κ1) is 16.1. The molecule has 0 N–H and O–H groups in total. The minimum absolute atomic E-state index is 0.111. The fraction of sp³-hybridized carbons (Fsp3) is 0.312. The molecule has 0 spiro atoms. The van der Waals surface area contributed by atoms with Crippen molar-refractivity contribution >= 4 is 11.2 Å². The van der Waals surface area contributed by atoms with E-state index in [2.05, 4.69) is 4.98 Å². The number of aromatic nitrogens is 4. The van der Waals surface area contributed by atoms with Crippen molar-refractivity contribution in [2.75, 3.05) is 0 Å². The molecule has 0 saturated carbocycles. The maximum atomic E-state index is 13.6. The maximum Gasteiger partial charge on any atom is 0.337 e. The van der Waals surface area contributed by atoms with Crippen molar-refractivity contribution in [3.8, 4) is 5.69 Å². The Bertz CT molecular complexity index is 1050. The van der Waals surface area contributed by atoms with E-state index in [1.807, 2.05) is 6.92 Å². The van der Waals surface area contributed by atoms with Crippen LogP contribution in [0.1, 0.15) is 26.8 Å². The van der Waals surface area contributed by atoms with Gasteiger partial charge in [0.25, 0.3) is 5.56 Å². The Balaban J connectivity index is 2.51. The molecule has 0 fully saturated rings. The fourth-order valence-electron chi connectivity index (χ4n) is 2.71. The van der Waals surface area contributed by atoms with Crippen LogP contribution in [0.5, 0.6) is 0 Å². The second-order valence-electron chi connectivity index (χ2n) is 5.69. The van der Waals surface area contributed by atoms with Gasteiger partial charge in [-0.2, -0.15) is 0 Å². The van der Waals surface area contributed by atoms with Crippen molar-refractivity contribution < 1.29 is 8.78 Å². The standard InChI is InChI=1S/C16H16F2N4O2/c1-4-20-8-19-14-13(20)15(23)21(9(2)3)16(24)22(14)10-5-6-11(17)12(18)7-10/h5-9H,4H2,1-3H3. The van der Waals surface area contributed by atoms with Crippen LogP contribution in [-0.4, -0.2) is 18.7 Å². The summed E-state index contributed by atoms with van der Waals surface area (Å²) in [5, 5.41) is 0. The van der Waals surface area contributed by atoms with E-state index >= 15 is 0 Å². The number of rotatable bonds is 3. The van der Waals surface area contributed by atoms with Crippen LogP contribution in [-0.2, 0) is 6.54 Å². The molecule has 2 heterocycles. The smallest absolute Gasteiger partial charge is 0.325 e. The van der Waals surface area contributed by atoms with Crippen molar-refractivity contribution in [2.45, 2.75) is 33.4 Å². The van der Waals surface area contributed by atoms with Gasteiger partial charge in [0.15, 0.2) is 22.8 Å². The predicted molar refractivity (Wildman–Crippen MR) is 85.6 cm³/mol. The van der Waals surface area contributed by atoms with E-state index < -0.39 is 28.9 Å². The van der Waals surface area contributed by atoms with Gasteiger partial charge in [-0.1, -0.05) is 0 Å². The first-order valence-electron chi connectivity index (χ1n) is 7.54. The molecule has 0 atom stereocenters. The van der Waals surface area contributed by atoms with Crippen LogP contribution >= 0.6 is 0 Å². The highest BCUT2D eigenvalue weighted by Gasteiger charge is 2.20. The van der Waals surface area contributed by atoms with Gasteiger partial charge in [-0.25, -0.2) is 23.1 Å². The third kappa shape index (κ3) is 2.26. The van der Waals surface area contributed by atoms with Crippen molar-refractivity contribution in [3.05, 3.63) is 57.0 Å². The maximum absolute atomic E-state index is 13.6. The van der Waals surface area contributed by atoms with Crippen LogP contribution in [0.4, 0.5) is 8.78 Å². The summed E-state index contributed by atoms with van der Waals surface area (Å²) in [5.74, 6) is -2.09. The molecule has 24 heavy (non-hydrogen) atoms. The van der Waals surface area contributed by atoms with E-state index in [1.54, 1.807) is 18.4 Å². The predicted octanol–water partition coefficient (Wildman–Crippen LogP) is 2.23. The molecule has 3 aromatic rings. The van der Waals surface area contributed by atoms with E-state index in [9.17, 15) is 18.4 Å². The molecule has 0 unspecified atom stereocenters. The molecule has 0 aliphatic heterocycles. The lowest BCUT2D eigenvalue weighted by atomic mass is 10.3. The lowest BCUT2D eigenvalue weighted by Crippen LogP contribution is -2.41. The Morgan fingerprint density at radius 2 is 1.88 bits per heavy atom. The highest BCUT2D eigenvalue weighted by Crippen LogP contribution is 2.16. The molecule has 0 aliphatic rings. The largest absolute Gasteiger partial charge is 0.337 e. The molecule has 8 heteroatoms. The van der Waals surface area contributed by atoms with Gasteiger partial charge in [0.05, 0.1) is 12.0 Å². The second kappa shape index (κ2) is 5.70. The van der Waals surface area contributed by atoms with E-state index in [0.717, 1.165) is 21.3 Å². The quantitative estimate of drug-likeness (QED) is 0.738. The van der Waals surface area contributed by atoms with E-state index in [1.165, 1.54) is 12.4 Å². The number of benzene rings is 1. The van der Waals surface area contributed by atoms with Gasteiger partial charge in [-0.15, -0.1) is 0 Å². The number of nitrogens with zero attached hydrogens (tertiary/aromatic N) is 4. The Kier molecular flexibility index (Phi) is 3.82. The van der Waals surface area contributed by atoms with Crippen molar-refractivity contribution in [2.24, 2.45) is 0 Å². The minimum Gasteiger partial charge on any atom is -0.325 e. The summed E-state index contributed by atoms with van der Waals surface area (Å²) in [6, 6.07) is 2.73. The summed E-state index contributed by atoms with van der Waals surface area (Å²) in [6.45, 7) is 5.74. The number of hydrogen-bond acceptors (Lipinski definition) is 3. The SMILES string of the molecule is CCn1cnc2c1c(=O)n(C(C)C)c(=O)n2-c1ccc(F)c(F)c1. The third-order valence-corrected chi connectivity index (χ3v) is 3.87. The highest BCUT2D eigenvalue weighted by molar-refractivity contribution is 5.72. The van der Waals surface area contributed by atoms with Gasteiger partial charge in [0.1, 0.15) is 0 Å². The molecule has 3 rings (SSSR count). The number of aryl methyl sites for hydroxylation is 1. The molecular weight excluding hydrogens is 318 g/mol. The molecule has 0 saturated heterocycles. The topological polar surface area (TPSA) is 61.8 Å². The molecule has 6 nitrogen and oxygen atoms in total. The first-order valence-corrected chi connectivity index (χ1v) is 7.54. The summed E-state index contributed by atoms with van der Waals surface area (Å²) >= 11 is 0. The van der Waals surface area contributed by atoms with Crippen LogP contribution in [0.3, 0.4) is 0 Å². The molecule has 0 bridgehead atoms. The van der Waals surface area contributed by atoms with Gasteiger partial charge < -0.3 is 4.57 Å². The summed E-state index contributed by atoms with van der Waals surface area (Å²) in [6.07, 6.45) is 1.45. The van der Waals surface area contributed by atoms with Crippen LogP contribution < -0.4 is 11.2 Å². The first-order chi connectivity index (χ1) is 11.4. The number of halogens is 2. The van der Waals surface area contributed by atoms with Gasteiger partial charge in [-0.3, -0.25) is 9.36 Å². The summed E-state index contributed by atoms with van der Waals surface area (Å²) in [4.78, 5) is 29.6. The minimum atomic E-state index is -1.08. The zero-order valence-electron chi connectivity index (χ0n) is 13.5. The normalized spacial score (nSPS) is 11.6. The number of fused-ring (bicyclic) bond motifs is 1. The molecule has 1 aromatic carbocycles. The molecule has 2 aromatic heterocycles. The molecule has 126 valence electrons. The third-order valence-electron chi connectivity index (χ3n) is 3.87. The Labute approximate surface area is 135 Å². The van der Waals surface area contributed by atoms with Crippen LogP contribution in [0, 0.1) is 11.6 Å². The molecule has 0 amide bonds. The lowest BCUT2D eigenvalue weighted by molar-refractivity contribution is 0.506. The van der Waals surface area contributed by atoms with Crippen LogP contribution in [0.2, 0.25) is 0 Å². The monoisotopic (exact) mass is 334 g/mol. The van der Waals surface area contributed by atoms with Gasteiger partial charge in [-0.05, 0) is 32.9 Å². The Hall–Kier alpha value is -2.77. The van der Waals surface area contributed by atoms with Crippen LogP contribution in [0.25, 0.3) is 16.9 Å². The van der Waals surface area contributed by atoms with Gasteiger partial charge in [0, 0.05) is 18.7 Å². The van der Waals surface area contributed by atoms with Crippen LogP contribution in [0.15, 0.2) is 34.1 Å². The van der Waals surface area contributed by atoms with E-state index in [-0.39, 0.29) is 16.9 Å². The lowest BCUT2D eigenvalue weighted by Gasteiger charge is -2.14. The van der Waals surface area contributed by atoms with Gasteiger partial charge >= 0.3 is 5.69 Å². The number of imidazole rings is 1. The zero-order chi connectivity index (χ0) is 17.6. The zero-order valence-corrected chi connectivity index (χ0v) is 13.5. The molecular formula is C16H16F2N4O2. The molecule has 0 aliphatic carbocycles. The average Bonchev–Trinajstić information content (AvgIpc) is 2.94. The average molecular weight is 334 g/mol. The summed E-state index contributed by atoms with van der Waals surface area (Å²) < 4.78 is 30.7. The molecule has 0 radical (unpaired) electrons.